The zero-order valence-electron chi connectivity index (χ0n) is 12.2. The summed E-state index contributed by atoms with van der Waals surface area (Å²) in [5, 5.41) is 9.31. The van der Waals surface area contributed by atoms with Crippen LogP contribution in [0.3, 0.4) is 0 Å². The number of morpholine rings is 1. The molecule has 0 bridgehead atoms. The van der Waals surface area contributed by atoms with Crippen LogP contribution in [0.25, 0.3) is 0 Å². The Kier molecular flexibility index (Phi) is 4.46. The van der Waals surface area contributed by atoms with E-state index in [1.165, 1.54) is 6.20 Å². The summed E-state index contributed by atoms with van der Waals surface area (Å²) < 4.78 is 5.28. The molecule has 2 aliphatic rings. The first-order chi connectivity index (χ1) is 10.7. The van der Waals surface area contributed by atoms with Crippen LogP contribution in [0.1, 0.15) is 12.0 Å². The van der Waals surface area contributed by atoms with Crippen LogP contribution in [0.15, 0.2) is 12.3 Å². The number of nitrogens with zero attached hydrogens (tertiary/aromatic N) is 4. The van der Waals surface area contributed by atoms with Gasteiger partial charge in [0.2, 0.25) is 5.91 Å². The summed E-state index contributed by atoms with van der Waals surface area (Å²) in [6.45, 7) is 3.95. The maximum atomic E-state index is 12.5. The van der Waals surface area contributed by atoms with Crippen LogP contribution >= 0.6 is 11.6 Å². The highest BCUT2D eigenvalue weighted by molar-refractivity contribution is 6.33. The van der Waals surface area contributed by atoms with E-state index in [-0.39, 0.29) is 11.8 Å². The molecule has 116 valence electrons. The molecule has 2 saturated heterocycles. The molecule has 7 heteroatoms. The quantitative estimate of drug-likeness (QED) is 0.821. The normalized spacial score (nSPS) is 21.7. The van der Waals surface area contributed by atoms with Gasteiger partial charge in [-0.3, -0.25) is 4.79 Å². The van der Waals surface area contributed by atoms with Gasteiger partial charge < -0.3 is 14.5 Å². The van der Waals surface area contributed by atoms with E-state index in [0.29, 0.717) is 49.3 Å². The van der Waals surface area contributed by atoms with E-state index in [1.807, 2.05) is 15.9 Å². The summed E-state index contributed by atoms with van der Waals surface area (Å²) >= 11 is 6.20. The van der Waals surface area contributed by atoms with Crippen molar-refractivity contribution < 1.29 is 9.53 Å². The fourth-order valence-corrected chi connectivity index (χ4v) is 3.21. The summed E-state index contributed by atoms with van der Waals surface area (Å²) in [6, 6.07) is 3.63. The number of halogens is 1. The van der Waals surface area contributed by atoms with Gasteiger partial charge in [0.25, 0.3) is 0 Å². The van der Waals surface area contributed by atoms with Crippen molar-refractivity contribution in [2.45, 2.75) is 6.42 Å². The van der Waals surface area contributed by atoms with Gasteiger partial charge in [0.1, 0.15) is 11.9 Å². The van der Waals surface area contributed by atoms with Crippen molar-refractivity contribution in [1.29, 1.82) is 5.26 Å². The lowest BCUT2D eigenvalue weighted by molar-refractivity contribution is -0.138. The van der Waals surface area contributed by atoms with Crippen LogP contribution in [0.2, 0.25) is 5.02 Å². The van der Waals surface area contributed by atoms with E-state index >= 15 is 0 Å². The molecule has 0 radical (unpaired) electrons. The third-order valence-corrected chi connectivity index (χ3v) is 4.39. The second-order valence-corrected chi connectivity index (χ2v) is 5.92. The molecule has 1 amide bonds. The van der Waals surface area contributed by atoms with Crippen LogP contribution < -0.4 is 4.90 Å². The molecular weight excluding hydrogens is 304 g/mol. The lowest BCUT2D eigenvalue weighted by atomic mass is 10.1. The monoisotopic (exact) mass is 320 g/mol. The number of carbonyl (C=O) groups excluding carboxylic acids is 1. The molecule has 3 rings (SSSR count). The molecule has 3 heterocycles. The van der Waals surface area contributed by atoms with Crippen molar-refractivity contribution in [3.8, 4) is 6.07 Å². The van der Waals surface area contributed by atoms with Crippen LogP contribution in [0.4, 0.5) is 5.82 Å². The smallest absolute Gasteiger partial charge is 0.227 e. The number of aromatic nitrogens is 1. The van der Waals surface area contributed by atoms with E-state index in [0.717, 1.165) is 13.0 Å². The SMILES string of the molecule is N#Cc1cnc(N2CCC(C(=O)N3CCOCC3)C2)c(Cl)c1. The van der Waals surface area contributed by atoms with E-state index in [1.54, 1.807) is 6.07 Å². The average Bonchev–Trinajstić information content (AvgIpc) is 3.04. The number of ether oxygens (including phenoxy) is 1. The third-order valence-electron chi connectivity index (χ3n) is 4.11. The molecule has 6 nitrogen and oxygen atoms in total. The van der Waals surface area contributed by atoms with Gasteiger partial charge in [-0.25, -0.2) is 4.98 Å². The molecular formula is C15H17ClN4O2. The van der Waals surface area contributed by atoms with E-state index in [9.17, 15) is 4.79 Å². The molecule has 1 aromatic heterocycles. The molecule has 0 aromatic carbocycles. The summed E-state index contributed by atoms with van der Waals surface area (Å²) in [4.78, 5) is 20.7. The number of rotatable bonds is 2. The minimum Gasteiger partial charge on any atom is -0.378 e. The number of carbonyl (C=O) groups is 1. The molecule has 0 spiro atoms. The van der Waals surface area contributed by atoms with Crippen molar-refractivity contribution in [2.75, 3.05) is 44.3 Å². The second kappa shape index (κ2) is 6.51. The average molecular weight is 321 g/mol. The highest BCUT2D eigenvalue weighted by Gasteiger charge is 2.33. The maximum absolute atomic E-state index is 12.5. The molecule has 2 aliphatic heterocycles. The highest BCUT2D eigenvalue weighted by atomic mass is 35.5. The number of amides is 1. The van der Waals surface area contributed by atoms with Gasteiger partial charge in [0.05, 0.1) is 29.7 Å². The number of hydrogen-bond acceptors (Lipinski definition) is 5. The number of pyridine rings is 1. The zero-order chi connectivity index (χ0) is 15.5. The fourth-order valence-electron chi connectivity index (χ4n) is 2.92. The molecule has 22 heavy (non-hydrogen) atoms. The largest absolute Gasteiger partial charge is 0.378 e. The van der Waals surface area contributed by atoms with Gasteiger partial charge in [-0.1, -0.05) is 11.6 Å². The Morgan fingerprint density at radius 2 is 2.18 bits per heavy atom. The Labute approximate surface area is 134 Å². The Hall–Kier alpha value is -1.84. The van der Waals surface area contributed by atoms with E-state index < -0.39 is 0 Å². The van der Waals surface area contributed by atoms with Crippen molar-refractivity contribution >= 4 is 23.3 Å². The third kappa shape index (κ3) is 3.01. The Morgan fingerprint density at radius 3 is 2.86 bits per heavy atom. The molecule has 0 saturated carbocycles. The summed E-state index contributed by atoms with van der Waals surface area (Å²) in [5.74, 6) is 0.820. The highest BCUT2D eigenvalue weighted by Crippen LogP contribution is 2.29. The first-order valence-electron chi connectivity index (χ1n) is 7.36. The molecule has 0 aliphatic carbocycles. The maximum Gasteiger partial charge on any atom is 0.227 e. The van der Waals surface area contributed by atoms with Gasteiger partial charge in [-0.15, -0.1) is 0 Å². The van der Waals surface area contributed by atoms with Gasteiger partial charge in [-0.05, 0) is 12.5 Å². The Bertz CT molecular complexity index is 610. The Balaban J connectivity index is 1.67. The second-order valence-electron chi connectivity index (χ2n) is 5.51. The van der Waals surface area contributed by atoms with Crippen molar-refractivity contribution in [1.82, 2.24) is 9.88 Å². The van der Waals surface area contributed by atoms with Crippen LogP contribution in [0.5, 0.6) is 0 Å². The van der Waals surface area contributed by atoms with Gasteiger partial charge in [0, 0.05) is 32.4 Å². The summed E-state index contributed by atoms with van der Waals surface area (Å²) in [5.41, 5.74) is 0.439. The molecule has 1 aromatic rings. The van der Waals surface area contributed by atoms with Crippen LogP contribution in [-0.2, 0) is 9.53 Å². The number of hydrogen-bond donors (Lipinski definition) is 0. The molecule has 1 unspecified atom stereocenters. The van der Waals surface area contributed by atoms with Gasteiger partial charge in [0.15, 0.2) is 0 Å². The number of anilines is 1. The summed E-state index contributed by atoms with van der Waals surface area (Å²) in [6.07, 6.45) is 2.31. The van der Waals surface area contributed by atoms with E-state index in [2.05, 4.69) is 4.98 Å². The topological polar surface area (TPSA) is 69.5 Å². The molecule has 2 fully saturated rings. The van der Waals surface area contributed by atoms with Crippen LogP contribution in [0, 0.1) is 17.2 Å². The summed E-state index contributed by atoms with van der Waals surface area (Å²) in [7, 11) is 0. The first-order valence-corrected chi connectivity index (χ1v) is 7.74. The van der Waals surface area contributed by atoms with Crippen molar-refractivity contribution in [3.63, 3.8) is 0 Å². The fraction of sp³-hybridized carbons (Fsp3) is 0.533. The van der Waals surface area contributed by atoms with Crippen molar-refractivity contribution in [3.05, 3.63) is 22.8 Å². The van der Waals surface area contributed by atoms with Crippen LogP contribution in [-0.4, -0.2) is 55.2 Å². The predicted octanol–water partition coefficient (Wildman–Crippen LogP) is 1.29. The minimum atomic E-state index is -0.0217. The lowest BCUT2D eigenvalue weighted by Crippen LogP contribution is -2.44. The van der Waals surface area contributed by atoms with Gasteiger partial charge in [-0.2, -0.15) is 5.26 Å². The standard InChI is InChI=1S/C15H17ClN4O2/c16-13-7-11(8-17)9-18-14(13)20-2-1-12(10-20)15(21)19-3-5-22-6-4-19/h7,9,12H,1-6,10H2. The van der Waals surface area contributed by atoms with E-state index in [4.69, 9.17) is 21.6 Å². The predicted molar refractivity (Wildman–Crippen MR) is 81.7 cm³/mol. The number of nitriles is 1. The molecule has 1 atom stereocenters. The van der Waals surface area contributed by atoms with Crippen molar-refractivity contribution in [2.24, 2.45) is 5.92 Å². The Morgan fingerprint density at radius 1 is 1.41 bits per heavy atom. The zero-order valence-corrected chi connectivity index (χ0v) is 12.9. The first kappa shape index (κ1) is 15.1. The molecule has 0 N–H and O–H groups in total. The van der Waals surface area contributed by atoms with Gasteiger partial charge >= 0.3 is 0 Å². The minimum absolute atomic E-state index is 0.0217. The lowest BCUT2D eigenvalue weighted by Gasteiger charge is -2.29.